The van der Waals surface area contributed by atoms with Crippen molar-refractivity contribution in [1.29, 1.82) is 0 Å². The molecule has 1 fully saturated rings. The molecule has 2 heteroatoms. The third kappa shape index (κ3) is 5.27. The summed E-state index contributed by atoms with van der Waals surface area (Å²) in [5.74, 6) is 0.982. The monoisotopic (exact) mass is 254 g/mol. The van der Waals surface area contributed by atoms with Gasteiger partial charge in [-0.15, -0.1) is 0 Å². The highest BCUT2D eigenvalue weighted by molar-refractivity contribution is 4.81. The van der Waals surface area contributed by atoms with E-state index < -0.39 is 0 Å². The van der Waals surface area contributed by atoms with Crippen molar-refractivity contribution in [3.05, 3.63) is 0 Å². The molecule has 0 amide bonds. The molecule has 0 aliphatic carbocycles. The first kappa shape index (κ1) is 16.0. The Labute approximate surface area is 114 Å². The summed E-state index contributed by atoms with van der Waals surface area (Å²) >= 11 is 0. The molecule has 1 saturated heterocycles. The van der Waals surface area contributed by atoms with Crippen molar-refractivity contribution >= 4 is 0 Å². The minimum atomic E-state index is 0.333. The van der Waals surface area contributed by atoms with Crippen LogP contribution in [0.3, 0.4) is 0 Å². The van der Waals surface area contributed by atoms with E-state index >= 15 is 0 Å². The number of rotatable bonds is 7. The second-order valence-corrected chi connectivity index (χ2v) is 6.63. The molecular formula is C16H34N2. The van der Waals surface area contributed by atoms with Crippen LogP contribution in [0.1, 0.15) is 65.7 Å². The van der Waals surface area contributed by atoms with Crippen molar-refractivity contribution in [3.8, 4) is 0 Å². The minimum absolute atomic E-state index is 0.333. The highest BCUT2D eigenvalue weighted by Crippen LogP contribution is 2.27. The Kier molecular flexibility index (Phi) is 7.25. The molecular weight excluding hydrogens is 220 g/mol. The van der Waals surface area contributed by atoms with Gasteiger partial charge in [0.1, 0.15) is 0 Å². The Hall–Kier alpha value is -0.0800. The highest BCUT2D eigenvalue weighted by atomic mass is 15.1. The van der Waals surface area contributed by atoms with E-state index in [2.05, 4.69) is 25.7 Å². The van der Waals surface area contributed by atoms with Crippen LogP contribution in [-0.4, -0.2) is 31.1 Å². The topological polar surface area (TPSA) is 29.3 Å². The smallest absolute Gasteiger partial charge is 0.00474 e. The summed E-state index contributed by atoms with van der Waals surface area (Å²) in [6.45, 7) is 11.6. The van der Waals surface area contributed by atoms with Gasteiger partial charge in [0.15, 0.2) is 0 Å². The van der Waals surface area contributed by atoms with Crippen molar-refractivity contribution in [1.82, 2.24) is 4.90 Å². The molecule has 0 radical (unpaired) electrons. The first-order chi connectivity index (χ1) is 8.63. The second-order valence-electron chi connectivity index (χ2n) is 6.63. The summed E-state index contributed by atoms with van der Waals surface area (Å²) < 4.78 is 0. The third-order valence-electron chi connectivity index (χ3n) is 4.59. The SMILES string of the molecule is CCCC1CCCN(CC(C)(CN)CCC)CC1. The molecule has 2 unspecified atom stereocenters. The molecule has 1 aliphatic heterocycles. The van der Waals surface area contributed by atoms with Gasteiger partial charge >= 0.3 is 0 Å². The largest absolute Gasteiger partial charge is 0.330 e. The molecule has 1 rings (SSSR count). The van der Waals surface area contributed by atoms with Gasteiger partial charge in [0.05, 0.1) is 0 Å². The van der Waals surface area contributed by atoms with Gasteiger partial charge in [0.25, 0.3) is 0 Å². The standard InChI is InChI=1S/C16H34N2/c1-4-7-15-8-6-11-18(12-9-15)14-16(3,13-17)10-5-2/h15H,4-14,17H2,1-3H3. The molecule has 1 heterocycles. The lowest BCUT2D eigenvalue weighted by molar-refractivity contribution is 0.161. The maximum absolute atomic E-state index is 6.00. The van der Waals surface area contributed by atoms with Gasteiger partial charge in [-0.2, -0.15) is 0 Å². The average molecular weight is 254 g/mol. The maximum atomic E-state index is 6.00. The summed E-state index contributed by atoms with van der Waals surface area (Å²) in [5.41, 5.74) is 6.33. The average Bonchev–Trinajstić information content (AvgIpc) is 2.56. The van der Waals surface area contributed by atoms with E-state index in [-0.39, 0.29) is 0 Å². The summed E-state index contributed by atoms with van der Waals surface area (Å²) in [5, 5.41) is 0. The molecule has 1 aliphatic rings. The lowest BCUT2D eigenvalue weighted by Gasteiger charge is -2.34. The summed E-state index contributed by atoms with van der Waals surface area (Å²) in [4.78, 5) is 2.68. The number of nitrogens with zero attached hydrogens (tertiary/aromatic N) is 1. The Balaban J connectivity index is 2.42. The summed E-state index contributed by atoms with van der Waals surface area (Å²) in [6, 6.07) is 0. The van der Waals surface area contributed by atoms with Crippen LogP contribution >= 0.6 is 0 Å². The molecule has 0 spiro atoms. The first-order valence-electron chi connectivity index (χ1n) is 8.06. The predicted octanol–water partition coefficient (Wildman–Crippen LogP) is 3.65. The Morgan fingerprint density at radius 1 is 1.17 bits per heavy atom. The van der Waals surface area contributed by atoms with Crippen molar-refractivity contribution in [2.45, 2.75) is 65.7 Å². The lowest BCUT2D eigenvalue weighted by Crippen LogP contribution is -2.41. The quantitative estimate of drug-likeness (QED) is 0.751. The minimum Gasteiger partial charge on any atom is -0.330 e. The summed E-state index contributed by atoms with van der Waals surface area (Å²) in [7, 11) is 0. The first-order valence-corrected chi connectivity index (χ1v) is 8.06. The van der Waals surface area contributed by atoms with Gasteiger partial charge in [-0.3, -0.25) is 0 Å². The van der Waals surface area contributed by atoms with Crippen molar-refractivity contribution in [2.24, 2.45) is 17.1 Å². The number of hydrogen-bond acceptors (Lipinski definition) is 2. The second kappa shape index (κ2) is 8.16. The third-order valence-corrected chi connectivity index (χ3v) is 4.59. The number of hydrogen-bond donors (Lipinski definition) is 1. The molecule has 0 aromatic heterocycles. The number of nitrogens with two attached hydrogens (primary N) is 1. The molecule has 18 heavy (non-hydrogen) atoms. The van der Waals surface area contributed by atoms with E-state index in [1.54, 1.807) is 0 Å². The van der Waals surface area contributed by atoms with Crippen LogP contribution in [0.4, 0.5) is 0 Å². The molecule has 0 aromatic rings. The molecule has 2 nitrogen and oxygen atoms in total. The van der Waals surface area contributed by atoms with Crippen LogP contribution in [0, 0.1) is 11.3 Å². The van der Waals surface area contributed by atoms with Gasteiger partial charge in [0, 0.05) is 6.54 Å². The van der Waals surface area contributed by atoms with Crippen LogP contribution in [0.2, 0.25) is 0 Å². The predicted molar refractivity (Wildman–Crippen MR) is 80.8 cm³/mol. The van der Waals surface area contributed by atoms with Crippen molar-refractivity contribution in [3.63, 3.8) is 0 Å². The highest BCUT2D eigenvalue weighted by Gasteiger charge is 2.26. The lowest BCUT2D eigenvalue weighted by atomic mass is 9.85. The fraction of sp³-hybridized carbons (Fsp3) is 1.00. The van der Waals surface area contributed by atoms with E-state index in [0.717, 1.165) is 12.5 Å². The Morgan fingerprint density at radius 2 is 1.94 bits per heavy atom. The van der Waals surface area contributed by atoms with E-state index in [1.807, 2.05) is 0 Å². The van der Waals surface area contributed by atoms with Gasteiger partial charge in [-0.25, -0.2) is 0 Å². The van der Waals surface area contributed by atoms with Gasteiger partial charge < -0.3 is 10.6 Å². The molecule has 2 atom stereocenters. The van der Waals surface area contributed by atoms with Crippen molar-refractivity contribution in [2.75, 3.05) is 26.2 Å². The molecule has 0 aromatic carbocycles. The van der Waals surface area contributed by atoms with E-state index in [9.17, 15) is 0 Å². The molecule has 0 saturated carbocycles. The van der Waals surface area contributed by atoms with Crippen LogP contribution in [0.15, 0.2) is 0 Å². The zero-order chi connectivity index (χ0) is 13.4. The van der Waals surface area contributed by atoms with Gasteiger partial charge in [-0.1, -0.05) is 40.0 Å². The normalized spacial score (nSPS) is 25.7. The van der Waals surface area contributed by atoms with Crippen LogP contribution < -0.4 is 5.73 Å². The van der Waals surface area contributed by atoms with Crippen LogP contribution in [0.5, 0.6) is 0 Å². The Bertz CT molecular complexity index is 217. The van der Waals surface area contributed by atoms with Gasteiger partial charge in [0.2, 0.25) is 0 Å². The van der Waals surface area contributed by atoms with E-state index in [1.165, 1.54) is 64.6 Å². The maximum Gasteiger partial charge on any atom is 0.00474 e. The van der Waals surface area contributed by atoms with Crippen LogP contribution in [-0.2, 0) is 0 Å². The van der Waals surface area contributed by atoms with Crippen molar-refractivity contribution < 1.29 is 0 Å². The fourth-order valence-electron chi connectivity index (χ4n) is 3.47. The Morgan fingerprint density at radius 3 is 2.56 bits per heavy atom. The zero-order valence-electron chi connectivity index (χ0n) is 12.9. The fourth-order valence-corrected chi connectivity index (χ4v) is 3.47. The molecule has 0 bridgehead atoms. The van der Waals surface area contributed by atoms with Crippen LogP contribution in [0.25, 0.3) is 0 Å². The van der Waals surface area contributed by atoms with E-state index in [0.29, 0.717) is 5.41 Å². The van der Waals surface area contributed by atoms with E-state index in [4.69, 9.17) is 5.73 Å². The van der Waals surface area contributed by atoms with Gasteiger partial charge in [-0.05, 0) is 56.7 Å². The molecule has 2 N–H and O–H groups in total. The molecule has 108 valence electrons. The zero-order valence-corrected chi connectivity index (χ0v) is 12.9. The summed E-state index contributed by atoms with van der Waals surface area (Å²) in [6.07, 6.45) is 9.52. The number of likely N-dealkylation sites (tertiary alicyclic amines) is 1.